The van der Waals surface area contributed by atoms with Gasteiger partial charge < -0.3 is 29.1 Å². The van der Waals surface area contributed by atoms with Gasteiger partial charge in [-0.3, -0.25) is 9.59 Å². The summed E-state index contributed by atoms with van der Waals surface area (Å²) >= 11 is 0. The van der Waals surface area contributed by atoms with Crippen molar-refractivity contribution in [1.29, 1.82) is 0 Å². The van der Waals surface area contributed by atoms with Crippen LogP contribution in [-0.2, 0) is 9.59 Å². The first kappa shape index (κ1) is 26.1. The molecule has 1 N–H and O–H groups in total. The lowest BCUT2D eigenvalue weighted by molar-refractivity contribution is -0.140. The second kappa shape index (κ2) is 11.3. The van der Waals surface area contributed by atoms with Gasteiger partial charge in [0.25, 0.3) is 11.7 Å². The van der Waals surface area contributed by atoms with Crippen molar-refractivity contribution in [1.82, 2.24) is 9.80 Å². The van der Waals surface area contributed by atoms with Crippen molar-refractivity contribution in [3.05, 3.63) is 59.2 Å². The van der Waals surface area contributed by atoms with Crippen molar-refractivity contribution in [2.75, 3.05) is 48.0 Å². The molecule has 0 bridgehead atoms. The third kappa shape index (κ3) is 5.77. The number of hydrogen-bond acceptors (Lipinski definition) is 7. The summed E-state index contributed by atoms with van der Waals surface area (Å²) < 4.78 is 16.6. The molecular weight excluding hydrogens is 448 g/mol. The molecule has 2 aromatic rings. The molecule has 1 aliphatic rings. The van der Waals surface area contributed by atoms with Gasteiger partial charge in [-0.15, -0.1) is 0 Å². The fourth-order valence-electron chi connectivity index (χ4n) is 3.94. The maximum absolute atomic E-state index is 13.2. The number of likely N-dealkylation sites (N-methyl/N-ethyl adjacent to an activating group) is 1. The second-order valence-electron chi connectivity index (χ2n) is 9.14. The molecule has 8 nitrogen and oxygen atoms in total. The van der Waals surface area contributed by atoms with Gasteiger partial charge in [0.2, 0.25) is 0 Å². The van der Waals surface area contributed by atoms with Crippen LogP contribution in [0.2, 0.25) is 0 Å². The minimum Gasteiger partial charge on any atom is -0.507 e. The van der Waals surface area contributed by atoms with E-state index in [4.69, 9.17) is 14.2 Å². The van der Waals surface area contributed by atoms with Gasteiger partial charge in [-0.1, -0.05) is 32.0 Å². The molecule has 2 aromatic carbocycles. The Kier molecular flexibility index (Phi) is 8.40. The van der Waals surface area contributed by atoms with E-state index in [9.17, 15) is 14.7 Å². The molecule has 1 heterocycles. The summed E-state index contributed by atoms with van der Waals surface area (Å²) in [5.74, 6) is 0.274. The number of carbonyl (C=O) groups excluding carboxylic acids is 2. The molecule has 1 aliphatic heterocycles. The topological polar surface area (TPSA) is 88.5 Å². The molecule has 1 saturated heterocycles. The molecule has 0 aromatic heterocycles. The monoisotopic (exact) mass is 482 g/mol. The summed E-state index contributed by atoms with van der Waals surface area (Å²) in [6, 6.07) is 11.4. The Balaban J connectivity index is 2.13. The van der Waals surface area contributed by atoms with Crippen molar-refractivity contribution in [2.24, 2.45) is 5.92 Å². The van der Waals surface area contributed by atoms with Crippen LogP contribution in [0.25, 0.3) is 5.76 Å². The Hall–Kier alpha value is -3.52. The van der Waals surface area contributed by atoms with Crippen LogP contribution in [-0.4, -0.2) is 74.6 Å². The number of ether oxygens (including phenoxy) is 3. The van der Waals surface area contributed by atoms with E-state index in [-0.39, 0.29) is 11.3 Å². The average molecular weight is 483 g/mol. The quantitative estimate of drug-likeness (QED) is 0.314. The maximum Gasteiger partial charge on any atom is 0.295 e. The number of likely N-dealkylation sites (tertiary alicyclic amines) is 1. The first-order valence-electron chi connectivity index (χ1n) is 11.6. The fourth-order valence-corrected chi connectivity index (χ4v) is 3.94. The van der Waals surface area contributed by atoms with E-state index in [2.05, 4.69) is 0 Å². The number of hydrogen-bond donors (Lipinski definition) is 1. The zero-order valence-electron chi connectivity index (χ0n) is 21.2. The molecular formula is C27H34N2O6. The summed E-state index contributed by atoms with van der Waals surface area (Å²) in [7, 11) is 6.84. The summed E-state index contributed by atoms with van der Waals surface area (Å²) in [5, 5.41) is 11.3. The van der Waals surface area contributed by atoms with E-state index in [0.717, 1.165) is 0 Å². The van der Waals surface area contributed by atoms with Crippen LogP contribution in [0.1, 0.15) is 31.0 Å². The highest BCUT2D eigenvalue weighted by Crippen LogP contribution is 2.42. The normalized spacial score (nSPS) is 17.4. The Bertz CT molecular complexity index is 1110. The van der Waals surface area contributed by atoms with E-state index in [1.165, 1.54) is 19.1 Å². The molecule has 0 spiro atoms. The largest absolute Gasteiger partial charge is 0.507 e. The first-order chi connectivity index (χ1) is 16.7. The van der Waals surface area contributed by atoms with Crippen LogP contribution in [0.3, 0.4) is 0 Å². The Morgan fingerprint density at radius 1 is 1.06 bits per heavy atom. The van der Waals surface area contributed by atoms with Gasteiger partial charge in [0.15, 0.2) is 11.5 Å². The summed E-state index contributed by atoms with van der Waals surface area (Å²) in [6.07, 6.45) is 0. The van der Waals surface area contributed by atoms with Gasteiger partial charge in [-0.25, -0.2) is 0 Å². The van der Waals surface area contributed by atoms with Gasteiger partial charge >= 0.3 is 0 Å². The van der Waals surface area contributed by atoms with Crippen molar-refractivity contribution < 1.29 is 28.9 Å². The average Bonchev–Trinajstić information content (AvgIpc) is 3.10. The van der Waals surface area contributed by atoms with E-state index in [1.54, 1.807) is 42.5 Å². The number of benzene rings is 2. The first-order valence-corrected chi connectivity index (χ1v) is 11.6. The van der Waals surface area contributed by atoms with Gasteiger partial charge in [-0.2, -0.15) is 0 Å². The number of Topliss-reactive ketones (excluding diaryl/α,β-unsaturated/α-hetero) is 1. The SMILES string of the molecule is COc1ccc(C2/C(=C(/O)c3cccc(OCC(C)C)c3)C(=O)C(=O)N2CCN(C)C)cc1OC. The minimum absolute atomic E-state index is 0.0296. The third-order valence-electron chi connectivity index (χ3n) is 5.74. The van der Waals surface area contributed by atoms with E-state index in [0.29, 0.717) is 54.0 Å². The molecule has 1 fully saturated rings. The van der Waals surface area contributed by atoms with Gasteiger partial charge in [0, 0.05) is 18.7 Å². The van der Waals surface area contributed by atoms with Crippen LogP contribution in [0.15, 0.2) is 48.0 Å². The third-order valence-corrected chi connectivity index (χ3v) is 5.74. The van der Waals surface area contributed by atoms with Crippen LogP contribution in [0.4, 0.5) is 0 Å². The highest BCUT2D eigenvalue weighted by atomic mass is 16.5. The van der Waals surface area contributed by atoms with Crippen molar-refractivity contribution in [3.63, 3.8) is 0 Å². The molecule has 8 heteroatoms. The minimum atomic E-state index is -0.782. The Morgan fingerprint density at radius 3 is 2.40 bits per heavy atom. The molecule has 1 amide bonds. The Labute approximate surface area is 206 Å². The Morgan fingerprint density at radius 2 is 1.77 bits per heavy atom. The molecule has 3 rings (SSSR count). The van der Waals surface area contributed by atoms with Crippen molar-refractivity contribution in [2.45, 2.75) is 19.9 Å². The molecule has 35 heavy (non-hydrogen) atoms. The van der Waals surface area contributed by atoms with Gasteiger partial charge in [-0.05, 0) is 49.8 Å². The van der Waals surface area contributed by atoms with Crippen LogP contribution in [0.5, 0.6) is 17.2 Å². The summed E-state index contributed by atoms with van der Waals surface area (Å²) in [6.45, 7) is 5.47. The number of aliphatic hydroxyl groups is 1. The number of carbonyl (C=O) groups is 2. The number of rotatable bonds is 10. The lowest BCUT2D eigenvalue weighted by atomic mass is 9.95. The summed E-state index contributed by atoms with van der Waals surface area (Å²) in [5.41, 5.74) is 1.07. The lowest BCUT2D eigenvalue weighted by Crippen LogP contribution is -2.35. The second-order valence-corrected chi connectivity index (χ2v) is 9.14. The number of aliphatic hydroxyl groups excluding tert-OH is 1. The molecule has 1 unspecified atom stereocenters. The zero-order valence-corrected chi connectivity index (χ0v) is 21.2. The smallest absolute Gasteiger partial charge is 0.295 e. The predicted octanol–water partition coefficient (Wildman–Crippen LogP) is 3.72. The molecule has 1 atom stereocenters. The number of amides is 1. The van der Waals surface area contributed by atoms with Gasteiger partial charge in [0.05, 0.1) is 32.4 Å². The summed E-state index contributed by atoms with van der Waals surface area (Å²) in [4.78, 5) is 29.8. The number of nitrogens with zero attached hydrogens (tertiary/aromatic N) is 2. The number of ketones is 1. The van der Waals surface area contributed by atoms with Crippen molar-refractivity contribution >= 4 is 17.4 Å². The molecule has 188 valence electrons. The fraction of sp³-hybridized carbons (Fsp3) is 0.407. The number of methoxy groups -OCH3 is 2. The maximum atomic E-state index is 13.2. The van der Waals surface area contributed by atoms with Gasteiger partial charge in [0.1, 0.15) is 11.5 Å². The molecule has 0 aliphatic carbocycles. The highest BCUT2D eigenvalue weighted by molar-refractivity contribution is 6.46. The van der Waals surface area contributed by atoms with Crippen LogP contribution < -0.4 is 14.2 Å². The van der Waals surface area contributed by atoms with E-state index in [1.807, 2.05) is 32.8 Å². The zero-order chi connectivity index (χ0) is 25.7. The van der Waals surface area contributed by atoms with Crippen LogP contribution in [0, 0.1) is 5.92 Å². The van der Waals surface area contributed by atoms with Crippen LogP contribution >= 0.6 is 0 Å². The predicted molar refractivity (Wildman–Crippen MR) is 134 cm³/mol. The van der Waals surface area contributed by atoms with E-state index < -0.39 is 17.7 Å². The lowest BCUT2D eigenvalue weighted by Gasteiger charge is -2.27. The van der Waals surface area contributed by atoms with Crippen molar-refractivity contribution in [3.8, 4) is 17.2 Å². The molecule has 0 saturated carbocycles. The molecule has 0 radical (unpaired) electrons. The highest BCUT2D eigenvalue weighted by Gasteiger charge is 2.46. The standard InChI is InChI=1S/C27H34N2O6/c1-17(2)16-35-20-9-7-8-19(14-20)25(30)23-24(18-10-11-21(33-5)22(15-18)34-6)29(13-12-28(3)4)27(32)26(23)31/h7-11,14-15,17,24,30H,12-13,16H2,1-6H3/b25-23-. The van der Waals surface area contributed by atoms with E-state index >= 15 is 0 Å².